The van der Waals surface area contributed by atoms with Crippen LogP contribution in [0.25, 0.3) is 0 Å². The van der Waals surface area contributed by atoms with E-state index in [0.29, 0.717) is 5.75 Å². The zero-order chi connectivity index (χ0) is 31.6. The molecule has 2 heterocycles. The first-order valence-electron chi connectivity index (χ1n) is 14.6. The van der Waals surface area contributed by atoms with E-state index in [1.165, 1.54) is 18.1 Å². The lowest BCUT2D eigenvalue weighted by Gasteiger charge is -2.18. The van der Waals surface area contributed by atoms with Gasteiger partial charge < -0.3 is 14.9 Å². The fraction of sp³-hybridized carbons (Fsp3) is 0.103. The van der Waals surface area contributed by atoms with E-state index < -0.39 is 0 Å². The van der Waals surface area contributed by atoms with Crippen LogP contribution in [0.5, 0.6) is 17.2 Å². The Balaban J connectivity index is 0.000000179. The molecule has 1 atom stereocenters. The van der Waals surface area contributed by atoms with Gasteiger partial charge in [-0.15, -0.1) is 0 Å². The Morgan fingerprint density at radius 2 is 0.933 bits per heavy atom. The molecular weight excluding hydrogens is 560 g/mol. The smallest absolute Gasteiger partial charge is 0.308 e. The number of esters is 1. The number of nitrogens with zero attached hydrogens (tertiary/aromatic N) is 2. The number of carbonyl (C=O) groups is 1. The molecule has 6 aromatic rings. The Bertz CT molecular complexity index is 1740. The number of phenols is 2. The summed E-state index contributed by atoms with van der Waals surface area (Å²) in [4.78, 5) is 20.1. The number of phenolic OH excluding ortho intramolecular Hbond substituents is 2. The Kier molecular flexibility index (Phi) is 9.97. The Labute approximate surface area is 263 Å². The highest BCUT2D eigenvalue weighted by atomic mass is 16.5. The van der Waals surface area contributed by atoms with Crippen molar-refractivity contribution in [2.24, 2.45) is 0 Å². The van der Waals surface area contributed by atoms with Crippen molar-refractivity contribution in [3.05, 3.63) is 185 Å². The SMILES string of the molecule is CC(=O)Oc1ccc(C(c2ccc(C)cc2)c2ccccn2)cc1.Oc1ccc(C(c2ccc(O)cc2)c2ccccn2)cc1. The van der Waals surface area contributed by atoms with Crippen molar-refractivity contribution < 1.29 is 19.7 Å². The number of ether oxygens (including phenoxy) is 1. The topological polar surface area (TPSA) is 92.5 Å². The summed E-state index contributed by atoms with van der Waals surface area (Å²) in [5.74, 6) is 0.719. The van der Waals surface area contributed by atoms with E-state index in [1.807, 2.05) is 91.1 Å². The van der Waals surface area contributed by atoms with Gasteiger partial charge in [0, 0.05) is 19.3 Å². The molecule has 0 aliphatic heterocycles. The average molecular weight is 595 g/mol. The molecule has 1 unspecified atom stereocenters. The van der Waals surface area contributed by atoms with Gasteiger partial charge in [-0.05, 0) is 89.8 Å². The molecule has 45 heavy (non-hydrogen) atoms. The first-order valence-corrected chi connectivity index (χ1v) is 14.6. The zero-order valence-electron chi connectivity index (χ0n) is 25.1. The van der Waals surface area contributed by atoms with Gasteiger partial charge in [0.2, 0.25) is 0 Å². The number of rotatable bonds is 7. The van der Waals surface area contributed by atoms with Crippen molar-refractivity contribution in [3.63, 3.8) is 0 Å². The second-order valence-corrected chi connectivity index (χ2v) is 10.6. The number of hydrogen-bond acceptors (Lipinski definition) is 6. The van der Waals surface area contributed by atoms with Crippen LogP contribution in [0.4, 0.5) is 0 Å². The van der Waals surface area contributed by atoms with Gasteiger partial charge in [0.15, 0.2) is 0 Å². The van der Waals surface area contributed by atoms with Crippen LogP contribution in [0.1, 0.15) is 58.0 Å². The molecule has 0 aliphatic rings. The van der Waals surface area contributed by atoms with Crippen LogP contribution in [0.15, 0.2) is 146 Å². The molecule has 6 heteroatoms. The summed E-state index contributed by atoms with van der Waals surface area (Å²) in [6.07, 6.45) is 3.58. The summed E-state index contributed by atoms with van der Waals surface area (Å²) in [5, 5.41) is 18.9. The van der Waals surface area contributed by atoms with Gasteiger partial charge in [0.05, 0.1) is 23.2 Å². The lowest BCUT2D eigenvalue weighted by molar-refractivity contribution is -0.131. The number of aromatic nitrogens is 2. The summed E-state index contributed by atoms with van der Waals surface area (Å²) in [5.41, 5.74) is 7.50. The monoisotopic (exact) mass is 594 g/mol. The quantitative estimate of drug-likeness (QED) is 0.143. The lowest BCUT2D eigenvalue weighted by atomic mass is 9.87. The van der Waals surface area contributed by atoms with Crippen molar-refractivity contribution in [2.45, 2.75) is 25.7 Å². The van der Waals surface area contributed by atoms with Gasteiger partial charge in [-0.25, -0.2) is 0 Å². The van der Waals surface area contributed by atoms with Crippen molar-refractivity contribution in [1.29, 1.82) is 0 Å². The van der Waals surface area contributed by atoms with Gasteiger partial charge >= 0.3 is 5.97 Å². The maximum absolute atomic E-state index is 11.1. The number of hydrogen-bond donors (Lipinski definition) is 2. The summed E-state index contributed by atoms with van der Waals surface area (Å²) in [6, 6.07) is 42.1. The molecule has 6 rings (SSSR count). The largest absolute Gasteiger partial charge is 0.508 e. The van der Waals surface area contributed by atoms with E-state index in [0.717, 1.165) is 28.1 Å². The second-order valence-electron chi connectivity index (χ2n) is 10.6. The number of aromatic hydroxyl groups is 2. The Morgan fingerprint density at radius 1 is 0.556 bits per heavy atom. The highest BCUT2D eigenvalue weighted by Crippen LogP contribution is 2.33. The van der Waals surface area contributed by atoms with Gasteiger partial charge in [0.25, 0.3) is 0 Å². The van der Waals surface area contributed by atoms with Crippen LogP contribution in [0, 0.1) is 6.92 Å². The van der Waals surface area contributed by atoms with E-state index in [2.05, 4.69) is 41.2 Å². The van der Waals surface area contributed by atoms with E-state index in [4.69, 9.17) is 4.74 Å². The summed E-state index contributed by atoms with van der Waals surface area (Å²) >= 11 is 0. The van der Waals surface area contributed by atoms with Crippen LogP contribution in [-0.4, -0.2) is 26.2 Å². The van der Waals surface area contributed by atoms with Crippen LogP contribution in [0.2, 0.25) is 0 Å². The minimum atomic E-state index is -0.317. The fourth-order valence-corrected chi connectivity index (χ4v) is 5.15. The number of aryl methyl sites for hydroxylation is 1. The normalized spacial score (nSPS) is 11.3. The van der Waals surface area contributed by atoms with Crippen LogP contribution < -0.4 is 4.74 Å². The molecule has 0 fully saturated rings. The van der Waals surface area contributed by atoms with Crippen molar-refractivity contribution in [1.82, 2.24) is 9.97 Å². The first-order chi connectivity index (χ1) is 21.9. The minimum absolute atomic E-state index is 0.0348. The molecule has 2 aromatic heterocycles. The summed E-state index contributed by atoms with van der Waals surface area (Å²) < 4.78 is 5.12. The molecule has 0 saturated carbocycles. The molecule has 4 aromatic carbocycles. The molecule has 0 bridgehead atoms. The summed E-state index contributed by atoms with van der Waals surface area (Å²) in [6.45, 7) is 3.48. The maximum atomic E-state index is 11.1. The van der Waals surface area contributed by atoms with Crippen LogP contribution >= 0.6 is 0 Å². The van der Waals surface area contributed by atoms with Crippen molar-refractivity contribution in [3.8, 4) is 17.2 Å². The molecule has 0 amide bonds. The highest BCUT2D eigenvalue weighted by Gasteiger charge is 2.19. The van der Waals surface area contributed by atoms with Crippen LogP contribution in [0.3, 0.4) is 0 Å². The van der Waals surface area contributed by atoms with E-state index in [1.54, 1.807) is 30.5 Å². The Hall–Kier alpha value is -5.75. The van der Waals surface area contributed by atoms with Crippen molar-refractivity contribution in [2.75, 3.05) is 0 Å². The number of benzene rings is 4. The summed E-state index contributed by atoms with van der Waals surface area (Å²) in [7, 11) is 0. The predicted octanol–water partition coefficient (Wildman–Crippen LogP) is 8.17. The third-order valence-electron chi connectivity index (χ3n) is 7.31. The first kappa shape index (κ1) is 30.7. The molecule has 2 N–H and O–H groups in total. The Morgan fingerprint density at radius 3 is 1.29 bits per heavy atom. The lowest BCUT2D eigenvalue weighted by Crippen LogP contribution is -2.06. The minimum Gasteiger partial charge on any atom is -0.508 e. The van der Waals surface area contributed by atoms with Gasteiger partial charge in [-0.3, -0.25) is 14.8 Å². The molecule has 0 spiro atoms. The van der Waals surface area contributed by atoms with Gasteiger partial charge in [-0.2, -0.15) is 0 Å². The zero-order valence-corrected chi connectivity index (χ0v) is 25.1. The van der Waals surface area contributed by atoms with Crippen molar-refractivity contribution >= 4 is 5.97 Å². The predicted molar refractivity (Wildman–Crippen MR) is 176 cm³/mol. The third kappa shape index (κ3) is 8.21. The molecule has 0 radical (unpaired) electrons. The highest BCUT2D eigenvalue weighted by molar-refractivity contribution is 5.69. The molecule has 0 saturated heterocycles. The van der Waals surface area contributed by atoms with Gasteiger partial charge in [0.1, 0.15) is 17.2 Å². The average Bonchev–Trinajstić information content (AvgIpc) is 3.06. The van der Waals surface area contributed by atoms with E-state index in [-0.39, 0.29) is 29.3 Å². The van der Waals surface area contributed by atoms with Gasteiger partial charge in [-0.1, -0.05) is 78.4 Å². The fourth-order valence-electron chi connectivity index (χ4n) is 5.15. The van der Waals surface area contributed by atoms with E-state index >= 15 is 0 Å². The standard InChI is InChI=1S/C21H19NO2.C18H15NO2/c1-15-6-8-17(9-7-15)21(20-5-3-4-14-22-20)18-10-12-19(13-11-18)24-16(2)23;20-15-8-4-13(5-9-15)18(17-3-1-2-12-19-17)14-6-10-16(21)11-7-14/h3-14,21H,1-2H3;1-12,18,20-21H. The number of pyridine rings is 2. The molecule has 0 aliphatic carbocycles. The third-order valence-corrected chi connectivity index (χ3v) is 7.31. The second kappa shape index (κ2) is 14.6. The van der Waals surface area contributed by atoms with Crippen LogP contribution in [-0.2, 0) is 4.79 Å². The molecular formula is C39H34N2O4. The van der Waals surface area contributed by atoms with E-state index in [9.17, 15) is 15.0 Å². The molecule has 6 nitrogen and oxygen atoms in total. The maximum Gasteiger partial charge on any atom is 0.308 e. The molecule has 224 valence electrons. The number of carbonyl (C=O) groups excluding carboxylic acids is 1.